The summed E-state index contributed by atoms with van der Waals surface area (Å²) >= 11 is 0. The van der Waals surface area contributed by atoms with Crippen LogP contribution in [0.3, 0.4) is 0 Å². The van der Waals surface area contributed by atoms with Gasteiger partial charge in [-0.25, -0.2) is 28.0 Å². The number of hydrogen-bond donors (Lipinski definition) is 8. The van der Waals surface area contributed by atoms with Gasteiger partial charge < -0.3 is 54.6 Å². The number of ether oxygens (including phenoxy) is 3. The number of aliphatic hydroxyl groups is 3. The number of anilines is 1. The summed E-state index contributed by atoms with van der Waals surface area (Å²) in [6, 6.07) is 0. The number of H-pyrrole nitrogens is 2. The van der Waals surface area contributed by atoms with Crippen LogP contribution in [0.4, 0.5) is 5.95 Å². The summed E-state index contributed by atoms with van der Waals surface area (Å²) in [5, 5.41) is 32.1. The highest BCUT2D eigenvalue weighted by molar-refractivity contribution is 7.84. The van der Waals surface area contributed by atoms with Gasteiger partial charge in [-0.1, -0.05) is 4.98 Å². The molecule has 26 nitrogen and oxygen atoms in total. The lowest BCUT2D eigenvalue weighted by atomic mass is 10.1. The van der Waals surface area contributed by atoms with E-state index in [1.807, 2.05) is 0 Å². The second-order valence-corrected chi connectivity index (χ2v) is 16.5. The molecule has 0 aliphatic carbocycles. The molecule has 0 bridgehead atoms. The number of methoxy groups -OCH3 is 1. The van der Waals surface area contributed by atoms with Gasteiger partial charge in [0.15, 0.2) is 23.7 Å². The zero-order chi connectivity index (χ0) is 38.8. The van der Waals surface area contributed by atoms with E-state index in [2.05, 4.69) is 33.5 Å². The highest BCUT2D eigenvalue weighted by Crippen LogP contribution is 2.67. The number of nitrogens with one attached hydrogen (secondary N) is 2. The van der Waals surface area contributed by atoms with Crippen LogP contribution in [-0.2, 0) is 52.6 Å². The van der Waals surface area contributed by atoms with Gasteiger partial charge >= 0.3 is 21.3 Å². The molecule has 6 rings (SSSR count). The Morgan fingerprint density at radius 1 is 0.981 bits per heavy atom. The van der Waals surface area contributed by atoms with Crippen LogP contribution in [0, 0.1) is 6.92 Å². The van der Waals surface area contributed by atoms with Crippen LogP contribution in [0.25, 0.3) is 22.3 Å². The summed E-state index contributed by atoms with van der Waals surface area (Å²) in [6.45, 7) is -0.324. The van der Waals surface area contributed by atoms with Crippen molar-refractivity contribution in [2.75, 3.05) is 26.1 Å². The van der Waals surface area contributed by atoms with E-state index in [0.717, 1.165) is 0 Å². The highest BCUT2D eigenvalue weighted by Gasteiger charge is 2.50. The monoisotopic (exact) mass is 810 g/mol. The number of aromatic amines is 2. The van der Waals surface area contributed by atoms with Gasteiger partial charge in [-0.3, -0.25) is 32.8 Å². The normalized spacial score (nSPS) is 29.7. The van der Waals surface area contributed by atoms with Crippen LogP contribution < -0.4 is 21.4 Å². The van der Waals surface area contributed by atoms with Crippen LogP contribution in [0.1, 0.15) is 18.3 Å². The minimum absolute atomic E-state index is 0.0290. The molecule has 0 aromatic carbocycles. The molecule has 2 radical (unpaired) electrons. The van der Waals surface area contributed by atoms with Gasteiger partial charge in [0.25, 0.3) is 24.5 Å². The molecule has 2 aliphatic rings. The number of phosphoric acid groups is 2. The smallest absolute Gasteiger partial charge is 0.387 e. The fraction of sp³-hybridized carbons (Fsp3) is 0.565. The molecular weight excluding hydrogens is 778 g/mol. The van der Waals surface area contributed by atoms with Crippen molar-refractivity contribution in [1.82, 2.24) is 34.1 Å². The molecule has 0 amide bonds. The molecule has 4 aromatic heterocycles. The van der Waals surface area contributed by atoms with Crippen LogP contribution in [-0.4, -0.2) is 124 Å². The summed E-state index contributed by atoms with van der Waals surface area (Å²) in [5.74, 6) is -0.0198. The molecule has 9 N–H and O–H groups in total. The lowest BCUT2D eigenvalue weighted by Gasteiger charge is -2.23. The van der Waals surface area contributed by atoms with Crippen molar-refractivity contribution in [3.05, 3.63) is 39.2 Å². The SMILES string of the molecule is [B]P(=O)(OC[C@H]1O[C@@H]([n+]2cn(C)c3c(=O)[nH]c(N)nc32)[C@@H](O)C1O)OP(=O)(O)OP(=O)(O)OC[C@H]1O[C@@H](n2cnc3c(=O)[nH]c(C)nc32)[C@@H](O)C1OC. The second-order valence-electron chi connectivity index (χ2n) is 11.8. The number of phosphoric ester groups is 1. The van der Waals surface area contributed by atoms with E-state index >= 15 is 0 Å². The minimum atomic E-state index is -5.84. The highest BCUT2D eigenvalue weighted by atomic mass is 31.3. The zero-order valence-electron chi connectivity index (χ0n) is 27.5. The molecule has 11 atom stereocenters. The number of fused-ring (bicyclic) bond motifs is 2. The number of nitrogen functional groups attached to an aromatic ring is 1. The molecular formula is C23H32BN9O17P3+. The third-order valence-corrected chi connectivity index (χ3v) is 12.4. The number of aliphatic hydroxyl groups excluding tert-OH is 3. The first-order valence-corrected chi connectivity index (χ1v) is 19.6. The molecule has 0 saturated carbocycles. The second kappa shape index (κ2) is 14.4. The average molecular weight is 810 g/mol. The zero-order valence-corrected chi connectivity index (χ0v) is 30.2. The molecule has 0 spiro atoms. The van der Waals surface area contributed by atoms with E-state index < -0.39 is 96.5 Å². The fourth-order valence-corrected chi connectivity index (χ4v) is 9.48. The Morgan fingerprint density at radius 3 is 2.38 bits per heavy atom. The van der Waals surface area contributed by atoms with E-state index in [0.29, 0.717) is 0 Å². The Kier molecular flexibility index (Phi) is 10.8. The topological polar surface area (TPSA) is 361 Å². The first-order valence-electron chi connectivity index (χ1n) is 15.0. The number of aromatic nitrogens is 8. The molecule has 5 unspecified atom stereocenters. The maximum Gasteiger partial charge on any atom is 0.487 e. The van der Waals surface area contributed by atoms with E-state index in [1.54, 1.807) is 0 Å². The Labute approximate surface area is 296 Å². The third kappa shape index (κ3) is 7.96. The summed E-state index contributed by atoms with van der Waals surface area (Å²) in [6.07, 6.45) is -9.16. The van der Waals surface area contributed by atoms with Crippen LogP contribution in [0.15, 0.2) is 22.2 Å². The van der Waals surface area contributed by atoms with Crippen molar-refractivity contribution >= 4 is 59.0 Å². The van der Waals surface area contributed by atoms with Crippen molar-refractivity contribution in [1.29, 1.82) is 0 Å². The quantitative estimate of drug-likeness (QED) is 0.0379. The molecule has 30 heteroatoms. The summed E-state index contributed by atoms with van der Waals surface area (Å²) < 4.78 is 76.5. The Balaban J connectivity index is 1.06. The van der Waals surface area contributed by atoms with Crippen molar-refractivity contribution in [3.8, 4) is 0 Å². The lowest BCUT2D eigenvalue weighted by Crippen LogP contribution is -2.46. The lowest BCUT2D eigenvalue weighted by molar-refractivity contribution is -0.745. The van der Waals surface area contributed by atoms with Crippen LogP contribution >= 0.6 is 23.1 Å². The van der Waals surface area contributed by atoms with Crippen molar-refractivity contribution in [2.45, 2.75) is 56.0 Å². The predicted molar refractivity (Wildman–Crippen MR) is 173 cm³/mol. The molecule has 2 saturated heterocycles. The van der Waals surface area contributed by atoms with Gasteiger partial charge in [0.2, 0.25) is 19.3 Å². The third-order valence-electron chi connectivity index (χ3n) is 8.05. The molecule has 2 fully saturated rings. The maximum atomic E-state index is 12.8. The van der Waals surface area contributed by atoms with Gasteiger partial charge in [0.05, 0.1) is 26.6 Å². The standard InChI is InChI=1S/C23H31BN9O17P3/c1-8-27-17-11(19(37)28-8)26-6-32(17)22-15(36)16(44-3)10(48-22)5-46-52(40,41)50-53(42,43)49-51(24,39)45-4-9-13(34)14(35)21(47-9)33-7-31(2)12-18(33)29-23(25)30-20(12)38/h6-7,9-10,13-16,21-22,34-36H,4-5H2,1-3H3,(H5-,25,27,28,29,30,37,38,40,41,42,43)/p+1/t9-,10-,13?,14+,15+,16?,21-,22-,51?/m1/s1. The van der Waals surface area contributed by atoms with E-state index in [-0.39, 0.29) is 34.1 Å². The number of hydrogen-bond acceptors (Lipinski definition) is 19. The van der Waals surface area contributed by atoms with Gasteiger partial charge in [-0.15, -0.1) is 0 Å². The van der Waals surface area contributed by atoms with E-state index in [1.165, 1.54) is 47.4 Å². The largest absolute Gasteiger partial charge is 0.487 e. The van der Waals surface area contributed by atoms with E-state index in [4.69, 9.17) is 36.6 Å². The van der Waals surface area contributed by atoms with Gasteiger partial charge in [0.1, 0.15) is 42.4 Å². The fourth-order valence-electron chi connectivity index (χ4n) is 5.83. The van der Waals surface area contributed by atoms with Gasteiger partial charge in [0, 0.05) is 7.11 Å². The average Bonchev–Trinajstić information content (AvgIpc) is 3.76. The number of imidazole rings is 2. The Morgan fingerprint density at radius 2 is 1.68 bits per heavy atom. The first-order chi connectivity index (χ1) is 24.7. The number of nitrogens with two attached hydrogens (primary N) is 1. The van der Waals surface area contributed by atoms with Crippen molar-refractivity contribution in [3.63, 3.8) is 0 Å². The summed E-state index contributed by atoms with van der Waals surface area (Å²) in [5.41, 5.74) is 4.46. The Bertz CT molecular complexity index is 2300. The maximum absolute atomic E-state index is 12.8. The summed E-state index contributed by atoms with van der Waals surface area (Å²) in [4.78, 5) is 61.8. The minimum Gasteiger partial charge on any atom is -0.387 e. The van der Waals surface area contributed by atoms with Crippen molar-refractivity contribution < 1.29 is 75.2 Å². The molecule has 288 valence electrons. The van der Waals surface area contributed by atoms with E-state index in [9.17, 15) is 48.4 Å². The van der Waals surface area contributed by atoms with Crippen molar-refractivity contribution in [2.24, 2.45) is 7.05 Å². The first kappa shape index (κ1) is 39.5. The van der Waals surface area contributed by atoms with Crippen LogP contribution in [0.5, 0.6) is 0 Å². The summed E-state index contributed by atoms with van der Waals surface area (Å²) in [7, 11) is -8.50. The molecule has 2 aliphatic heterocycles. The molecule has 4 aromatic rings. The van der Waals surface area contributed by atoms with Gasteiger partial charge in [-0.2, -0.15) is 4.31 Å². The molecule has 6 heterocycles. The predicted octanol–water partition coefficient (Wildman–Crippen LogP) is -2.99. The number of nitrogens with zero attached hydrogens (tertiary/aromatic N) is 6. The number of rotatable bonds is 13. The molecule has 53 heavy (non-hydrogen) atoms. The number of aryl methyl sites for hydroxylation is 2. The van der Waals surface area contributed by atoms with Crippen LogP contribution in [0.2, 0.25) is 0 Å². The Hall–Kier alpha value is -3.23. The van der Waals surface area contributed by atoms with Gasteiger partial charge in [-0.05, 0) is 6.92 Å².